The van der Waals surface area contributed by atoms with Crippen LogP contribution in [0.15, 0.2) is 18.2 Å². The number of hydrogen-bond acceptors (Lipinski definition) is 3. The van der Waals surface area contributed by atoms with Gasteiger partial charge in [-0.25, -0.2) is 0 Å². The molecule has 0 fully saturated rings. The predicted molar refractivity (Wildman–Crippen MR) is 83.2 cm³/mol. The van der Waals surface area contributed by atoms with Crippen LogP contribution in [0, 0.1) is 0 Å². The fourth-order valence-electron chi connectivity index (χ4n) is 2.91. The van der Waals surface area contributed by atoms with E-state index in [-0.39, 0.29) is 24.3 Å². The van der Waals surface area contributed by atoms with Crippen molar-refractivity contribution in [3.63, 3.8) is 0 Å². The number of carbonyl (C=O) groups excluding carboxylic acids is 3. The van der Waals surface area contributed by atoms with Gasteiger partial charge in [-0.3, -0.25) is 19.7 Å². The van der Waals surface area contributed by atoms with Crippen molar-refractivity contribution in [2.24, 2.45) is 0 Å². The third-order valence-electron chi connectivity index (χ3n) is 4.15. The van der Waals surface area contributed by atoms with Gasteiger partial charge in [-0.15, -0.1) is 0 Å². The van der Waals surface area contributed by atoms with Crippen LogP contribution in [0.4, 0.5) is 0 Å². The van der Waals surface area contributed by atoms with E-state index < -0.39 is 0 Å². The molecule has 3 amide bonds. The lowest BCUT2D eigenvalue weighted by molar-refractivity contribution is -0.125. The molecule has 0 aliphatic carbocycles. The van der Waals surface area contributed by atoms with E-state index in [1.165, 1.54) is 5.56 Å². The number of hydrogen-bond donors (Lipinski definition) is 1. The summed E-state index contributed by atoms with van der Waals surface area (Å²) in [6.07, 6.45) is 3.19. The topological polar surface area (TPSA) is 66.5 Å². The fraction of sp³-hybridized carbons (Fsp3) is 0.471. The Kier molecular flexibility index (Phi) is 5.31. The number of rotatable bonds is 7. The van der Waals surface area contributed by atoms with Crippen molar-refractivity contribution in [2.75, 3.05) is 0 Å². The summed E-state index contributed by atoms with van der Waals surface area (Å²) in [5.41, 5.74) is 3.15. The molecule has 0 spiro atoms. The maximum atomic E-state index is 12.5. The molecule has 1 atom stereocenters. The Bertz CT molecular complexity index is 583. The summed E-state index contributed by atoms with van der Waals surface area (Å²) in [7, 11) is 0. The quantitative estimate of drug-likeness (QED) is 0.784. The van der Waals surface area contributed by atoms with Gasteiger partial charge in [0.2, 0.25) is 12.3 Å². The number of aryl methyl sites for hydroxylation is 1. The summed E-state index contributed by atoms with van der Waals surface area (Å²) in [5.74, 6) is -0.270. The van der Waals surface area contributed by atoms with E-state index in [0.717, 1.165) is 24.0 Å². The lowest BCUT2D eigenvalue weighted by Gasteiger charge is -2.24. The monoisotopic (exact) mass is 302 g/mol. The average molecular weight is 302 g/mol. The van der Waals surface area contributed by atoms with E-state index in [4.69, 9.17) is 0 Å². The third kappa shape index (κ3) is 3.35. The standard InChI is InChI=1S/C17H22N2O3/c1-3-5-13-6-4-7-14-15(13)10-19(17(14)22)12(2)8-9-16(21)18-11-20/h4,6-7,11-12H,3,5,8-10H2,1-2H3,(H,18,20,21). The van der Waals surface area contributed by atoms with Crippen LogP contribution in [0.3, 0.4) is 0 Å². The van der Waals surface area contributed by atoms with Crippen molar-refractivity contribution in [1.29, 1.82) is 0 Å². The van der Waals surface area contributed by atoms with Gasteiger partial charge in [0.25, 0.3) is 5.91 Å². The SMILES string of the molecule is CCCc1cccc2c1CN(C(C)CCC(=O)NC=O)C2=O. The Labute approximate surface area is 130 Å². The van der Waals surface area contributed by atoms with Crippen LogP contribution in [-0.4, -0.2) is 29.2 Å². The zero-order valence-corrected chi connectivity index (χ0v) is 13.1. The van der Waals surface area contributed by atoms with E-state index in [1.54, 1.807) is 0 Å². The van der Waals surface area contributed by atoms with Gasteiger partial charge in [-0.05, 0) is 37.0 Å². The number of nitrogens with one attached hydrogen (secondary N) is 1. The Morgan fingerprint density at radius 1 is 1.45 bits per heavy atom. The maximum Gasteiger partial charge on any atom is 0.254 e. The second-order valence-electron chi connectivity index (χ2n) is 5.70. The van der Waals surface area contributed by atoms with Crippen LogP contribution < -0.4 is 5.32 Å². The molecule has 5 nitrogen and oxygen atoms in total. The van der Waals surface area contributed by atoms with Crippen molar-refractivity contribution in [3.8, 4) is 0 Å². The van der Waals surface area contributed by atoms with Gasteiger partial charge in [-0.2, -0.15) is 0 Å². The zero-order valence-electron chi connectivity index (χ0n) is 13.1. The molecule has 0 saturated heterocycles. The normalized spacial score (nSPS) is 14.6. The number of amides is 3. The summed E-state index contributed by atoms with van der Waals surface area (Å²) in [5, 5.41) is 2.12. The molecule has 0 bridgehead atoms. The van der Waals surface area contributed by atoms with Crippen LogP contribution in [-0.2, 0) is 22.6 Å². The lowest BCUT2D eigenvalue weighted by Crippen LogP contribution is -2.34. The highest BCUT2D eigenvalue weighted by Crippen LogP contribution is 2.29. The average Bonchev–Trinajstić information content (AvgIpc) is 2.84. The molecule has 1 aromatic carbocycles. The van der Waals surface area contributed by atoms with Gasteiger partial charge in [0.1, 0.15) is 0 Å². The minimum absolute atomic E-state index is 0.0354. The maximum absolute atomic E-state index is 12.5. The summed E-state index contributed by atoms with van der Waals surface area (Å²) >= 11 is 0. The smallest absolute Gasteiger partial charge is 0.254 e. The number of carbonyl (C=O) groups is 3. The van der Waals surface area contributed by atoms with Gasteiger partial charge in [0.05, 0.1) is 0 Å². The van der Waals surface area contributed by atoms with E-state index in [1.807, 2.05) is 24.0 Å². The summed E-state index contributed by atoms with van der Waals surface area (Å²) in [4.78, 5) is 35.9. The molecule has 2 rings (SSSR count). The lowest BCUT2D eigenvalue weighted by atomic mass is 10.00. The fourth-order valence-corrected chi connectivity index (χ4v) is 2.91. The van der Waals surface area contributed by atoms with Crippen molar-refractivity contribution in [3.05, 3.63) is 34.9 Å². The molecule has 1 unspecified atom stereocenters. The second-order valence-corrected chi connectivity index (χ2v) is 5.70. The van der Waals surface area contributed by atoms with Gasteiger partial charge < -0.3 is 4.90 Å². The summed E-state index contributed by atoms with van der Waals surface area (Å²) in [6.45, 7) is 4.68. The van der Waals surface area contributed by atoms with Crippen LogP contribution in [0.25, 0.3) is 0 Å². The molecule has 1 aliphatic heterocycles. The van der Waals surface area contributed by atoms with E-state index in [0.29, 0.717) is 19.4 Å². The molecular formula is C17H22N2O3. The van der Waals surface area contributed by atoms with Crippen LogP contribution in [0.2, 0.25) is 0 Å². The molecular weight excluding hydrogens is 280 g/mol. The van der Waals surface area contributed by atoms with Gasteiger partial charge in [0, 0.05) is 24.6 Å². The summed E-state index contributed by atoms with van der Waals surface area (Å²) in [6, 6.07) is 5.86. The van der Waals surface area contributed by atoms with Crippen molar-refractivity contribution >= 4 is 18.2 Å². The largest absolute Gasteiger partial charge is 0.332 e. The first-order chi connectivity index (χ1) is 10.6. The number of benzene rings is 1. The first-order valence-corrected chi connectivity index (χ1v) is 7.73. The van der Waals surface area contributed by atoms with Gasteiger partial charge in [0.15, 0.2) is 0 Å². The molecule has 0 saturated carbocycles. The van der Waals surface area contributed by atoms with Crippen LogP contribution in [0.1, 0.15) is 54.6 Å². The number of imide groups is 1. The minimum atomic E-state index is -0.308. The third-order valence-corrected chi connectivity index (χ3v) is 4.15. The molecule has 1 aliphatic rings. The molecule has 1 N–H and O–H groups in total. The summed E-state index contributed by atoms with van der Waals surface area (Å²) < 4.78 is 0. The van der Waals surface area contributed by atoms with Crippen molar-refractivity contribution in [2.45, 2.75) is 52.1 Å². The Morgan fingerprint density at radius 3 is 2.91 bits per heavy atom. The molecule has 22 heavy (non-hydrogen) atoms. The van der Waals surface area contributed by atoms with Gasteiger partial charge in [-0.1, -0.05) is 25.5 Å². The Morgan fingerprint density at radius 2 is 2.23 bits per heavy atom. The molecule has 1 aromatic rings. The molecule has 1 heterocycles. The van der Waals surface area contributed by atoms with E-state index >= 15 is 0 Å². The second kappa shape index (κ2) is 7.20. The Balaban J connectivity index is 2.06. The first kappa shape index (κ1) is 16.2. The van der Waals surface area contributed by atoms with E-state index in [2.05, 4.69) is 18.3 Å². The Hall–Kier alpha value is -2.17. The minimum Gasteiger partial charge on any atom is -0.332 e. The van der Waals surface area contributed by atoms with Crippen LogP contribution in [0.5, 0.6) is 0 Å². The highest BCUT2D eigenvalue weighted by molar-refractivity contribution is 5.99. The van der Waals surface area contributed by atoms with E-state index in [9.17, 15) is 14.4 Å². The van der Waals surface area contributed by atoms with Crippen LogP contribution >= 0.6 is 0 Å². The van der Waals surface area contributed by atoms with Crippen molar-refractivity contribution in [1.82, 2.24) is 10.2 Å². The first-order valence-electron chi connectivity index (χ1n) is 7.73. The van der Waals surface area contributed by atoms with Gasteiger partial charge >= 0.3 is 0 Å². The molecule has 118 valence electrons. The molecule has 0 aromatic heterocycles. The van der Waals surface area contributed by atoms with Crippen molar-refractivity contribution < 1.29 is 14.4 Å². The molecule has 0 radical (unpaired) electrons. The highest BCUT2D eigenvalue weighted by atomic mass is 16.2. The zero-order chi connectivity index (χ0) is 16.1. The number of fused-ring (bicyclic) bond motifs is 1. The molecule has 5 heteroatoms. The predicted octanol–water partition coefficient (Wildman–Crippen LogP) is 2.04. The number of nitrogens with zero attached hydrogens (tertiary/aromatic N) is 1. The highest BCUT2D eigenvalue weighted by Gasteiger charge is 2.31.